The maximum Gasteiger partial charge on any atom is 0.0334 e. The Hall–Kier alpha value is 0.270. The van der Waals surface area contributed by atoms with Crippen molar-refractivity contribution >= 4 is 11.8 Å². The van der Waals surface area contributed by atoms with E-state index in [0.29, 0.717) is 5.54 Å². The molecule has 0 aromatic heterocycles. The lowest BCUT2D eigenvalue weighted by molar-refractivity contribution is 0.00697. The number of nitrogens with one attached hydrogen (secondary N) is 1. The normalized spacial score (nSPS) is 27.3. The minimum Gasteiger partial charge on any atom is -0.311 e. The molecule has 0 radical (unpaired) electrons. The predicted molar refractivity (Wildman–Crippen MR) is 91.6 cm³/mol. The van der Waals surface area contributed by atoms with Gasteiger partial charge >= 0.3 is 0 Å². The molecule has 3 heteroatoms. The van der Waals surface area contributed by atoms with Crippen molar-refractivity contribution in [2.24, 2.45) is 5.92 Å². The van der Waals surface area contributed by atoms with Crippen molar-refractivity contribution in [3.8, 4) is 0 Å². The third-order valence-corrected chi connectivity index (χ3v) is 5.84. The van der Waals surface area contributed by atoms with Crippen LogP contribution in [0.2, 0.25) is 0 Å². The van der Waals surface area contributed by atoms with Crippen LogP contribution in [-0.4, -0.2) is 48.1 Å². The first kappa shape index (κ1) is 16.6. The Bertz CT molecular complexity index is 274. The van der Waals surface area contributed by atoms with E-state index in [1.165, 1.54) is 70.3 Å². The van der Waals surface area contributed by atoms with Crippen LogP contribution in [-0.2, 0) is 0 Å². The van der Waals surface area contributed by atoms with Crippen LogP contribution in [0.15, 0.2) is 0 Å². The number of hydrogen-bond acceptors (Lipinski definition) is 3. The number of nitrogens with zero attached hydrogens (tertiary/aromatic N) is 1. The molecule has 0 amide bonds. The van der Waals surface area contributed by atoms with Crippen LogP contribution >= 0.6 is 11.8 Å². The van der Waals surface area contributed by atoms with E-state index < -0.39 is 0 Å². The molecule has 1 aliphatic heterocycles. The lowest BCUT2D eigenvalue weighted by atomic mass is 9.78. The van der Waals surface area contributed by atoms with E-state index in [-0.39, 0.29) is 0 Å². The van der Waals surface area contributed by atoms with Crippen molar-refractivity contribution in [2.75, 3.05) is 31.6 Å². The molecular weight excluding hydrogens is 264 g/mol. The summed E-state index contributed by atoms with van der Waals surface area (Å²) in [6.07, 6.45) is 12.1. The Balaban J connectivity index is 1.96. The molecule has 2 aliphatic rings. The van der Waals surface area contributed by atoms with Gasteiger partial charge in [0.05, 0.1) is 0 Å². The van der Waals surface area contributed by atoms with Crippen molar-refractivity contribution in [1.82, 2.24) is 10.2 Å². The molecule has 2 fully saturated rings. The second-order valence-corrected chi connectivity index (χ2v) is 8.27. The summed E-state index contributed by atoms with van der Waals surface area (Å²) < 4.78 is 0. The maximum absolute atomic E-state index is 3.88. The summed E-state index contributed by atoms with van der Waals surface area (Å²) >= 11 is 1.99. The zero-order valence-electron chi connectivity index (χ0n) is 13.8. The van der Waals surface area contributed by atoms with Crippen LogP contribution in [0.5, 0.6) is 0 Å². The molecule has 2 nitrogen and oxygen atoms in total. The number of rotatable bonds is 6. The average molecular weight is 299 g/mol. The van der Waals surface area contributed by atoms with Gasteiger partial charge in [0.1, 0.15) is 0 Å². The highest BCUT2D eigenvalue weighted by atomic mass is 32.2. The van der Waals surface area contributed by atoms with E-state index in [1.54, 1.807) is 0 Å². The highest BCUT2D eigenvalue weighted by molar-refractivity contribution is 7.98. The highest BCUT2D eigenvalue weighted by Gasteiger charge is 2.41. The van der Waals surface area contributed by atoms with Crippen molar-refractivity contribution in [2.45, 2.75) is 70.4 Å². The third-order valence-electron chi connectivity index (χ3n) is 5.15. The van der Waals surface area contributed by atoms with Crippen LogP contribution in [0.1, 0.15) is 58.8 Å². The molecule has 118 valence electrons. The molecule has 1 unspecified atom stereocenters. The summed E-state index contributed by atoms with van der Waals surface area (Å²) in [5.74, 6) is 2.12. The number of thioether (sulfide) groups is 1. The Morgan fingerprint density at radius 2 is 2.00 bits per heavy atom. The van der Waals surface area contributed by atoms with Gasteiger partial charge in [0.15, 0.2) is 0 Å². The fourth-order valence-electron chi connectivity index (χ4n) is 4.13. The molecule has 1 aliphatic carbocycles. The van der Waals surface area contributed by atoms with E-state index in [9.17, 15) is 0 Å². The van der Waals surface area contributed by atoms with Gasteiger partial charge in [-0.3, -0.25) is 4.90 Å². The van der Waals surface area contributed by atoms with Crippen molar-refractivity contribution < 1.29 is 0 Å². The maximum atomic E-state index is 3.88. The summed E-state index contributed by atoms with van der Waals surface area (Å²) in [5.41, 5.74) is 0.504. The first-order valence-corrected chi connectivity index (χ1v) is 10.0. The zero-order chi connectivity index (χ0) is 14.4. The molecule has 2 rings (SSSR count). The summed E-state index contributed by atoms with van der Waals surface area (Å²) in [6.45, 7) is 8.54. The zero-order valence-corrected chi connectivity index (χ0v) is 14.6. The van der Waals surface area contributed by atoms with Gasteiger partial charge in [-0.05, 0) is 50.2 Å². The summed E-state index contributed by atoms with van der Waals surface area (Å²) in [7, 11) is 0. The van der Waals surface area contributed by atoms with Gasteiger partial charge in [-0.2, -0.15) is 11.8 Å². The molecule has 1 atom stereocenters. The summed E-state index contributed by atoms with van der Waals surface area (Å²) in [6, 6.07) is 0.719. The van der Waals surface area contributed by atoms with Gasteiger partial charge in [0, 0.05) is 24.7 Å². The lowest BCUT2D eigenvalue weighted by Crippen LogP contribution is -2.65. The van der Waals surface area contributed by atoms with E-state index >= 15 is 0 Å². The highest BCUT2D eigenvalue weighted by Crippen LogP contribution is 2.36. The molecule has 0 bridgehead atoms. The predicted octanol–water partition coefficient (Wildman–Crippen LogP) is 3.76. The average Bonchev–Trinajstić information content (AvgIpc) is 2.43. The standard InChI is InChI=1S/C17H34N2S/c1-15(2)12-16-13-19(10-7-11-20-3)17(14-18-16)8-5-4-6-9-17/h15-16,18H,4-14H2,1-3H3. The second kappa shape index (κ2) is 8.05. The monoisotopic (exact) mass is 298 g/mol. The number of hydrogen-bond donors (Lipinski definition) is 1. The first-order valence-electron chi connectivity index (χ1n) is 8.64. The first-order chi connectivity index (χ1) is 9.66. The van der Waals surface area contributed by atoms with Gasteiger partial charge in [-0.25, -0.2) is 0 Å². The molecule has 20 heavy (non-hydrogen) atoms. The van der Waals surface area contributed by atoms with Crippen molar-refractivity contribution in [3.05, 3.63) is 0 Å². The van der Waals surface area contributed by atoms with Crippen LogP contribution in [0.25, 0.3) is 0 Å². The van der Waals surface area contributed by atoms with Crippen LogP contribution in [0, 0.1) is 5.92 Å². The van der Waals surface area contributed by atoms with Gasteiger partial charge < -0.3 is 5.32 Å². The molecule has 1 saturated heterocycles. The van der Waals surface area contributed by atoms with Crippen LogP contribution in [0.4, 0.5) is 0 Å². The van der Waals surface area contributed by atoms with Gasteiger partial charge in [0.2, 0.25) is 0 Å². The molecule has 0 aromatic carbocycles. The van der Waals surface area contributed by atoms with E-state index in [0.717, 1.165) is 12.0 Å². The Kier molecular flexibility index (Phi) is 6.70. The molecule has 1 saturated carbocycles. The third kappa shape index (κ3) is 4.38. The van der Waals surface area contributed by atoms with E-state index in [4.69, 9.17) is 0 Å². The van der Waals surface area contributed by atoms with Gasteiger partial charge in [-0.1, -0.05) is 33.1 Å². The van der Waals surface area contributed by atoms with Gasteiger partial charge in [-0.15, -0.1) is 0 Å². The smallest absolute Gasteiger partial charge is 0.0334 e. The molecule has 1 N–H and O–H groups in total. The van der Waals surface area contributed by atoms with Crippen LogP contribution < -0.4 is 5.32 Å². The quantitative estimate of drug-likeness (QED) is 0.752. The van der Waals surface area contributed by atoms with Crippen molar-refractivity contribution in [1.29, 1.82) is 0 Å². The van der Waals surface area contributed by atoms with Crippen LogP contribution in [0.3, 0.4) is 0 Å². The summed E-state index contributed by atoms with van der Waals surface area (Å²) in [5, 5.41) is 3.88. The van der Waals surface area contributed by atoms with E-state index in [2.05, 4.69) is 30.3 Å². The fraction of sp³-hybridized carbons (Fsp3) is 1.00. The molecule has 0 aromatic rings. The molecule has 1 heterocycles. The molecular formula is C17H34N2S. The topological polar surface area (TPSA) is 15.3 Å². The largest absolute Gasteiger partial charge is 0.311 e. The Morgan fingerprint density at radius 3 is 2.65 bits per heavy atom. The number of piperazine rings is 1. The van der Waals surface area contributed by atoms with Crippen molar-refractivity contribution in [3.63, 3.8) is 0 Å². The minimum atomic E-state index is 0.504. The SMILES string of the molecule is CSCCCN1CC(CC(C)C)NCC12CCCCC2. The van der Waals surface area contributed by atoms with Gasteiger partial charge in [0.25, 0.3) is 0 Å². The summed E-state index contributed by atoms with van der Waals surface area (Å²) in [4.78, 5) is 2.88. The Labute approximate surface area is 130 Å². The van der Waals surface area contributed by atoms with E-state index in [1.807, 2.05) is 11.8 Å². The minimum absolute atomic E-state index is 0.504. The Morgan fingerprint density at radius 1 is 1.25 bits per heavy atom. The second-order valence-electron chi connectivity index (χ2n) is 7.28. The fourth-order valence-corrected chi connectivity index (χ4v) is 4.55. The molecule has 1 spiro atoms. The lowest BCUT2D eigenvalue weighted by Gasteiger charge is -2.52.